The van der Waals surface area contributed by atoms with Gasteiger partial charge in [-0.1, -0.05) is 44.5 Å². The number of benzene rings is 1. The first kappa shape index (κ1) is 16.3. The minimum absolute atomic E-state index is 0.0616. The van der Waals surface area contributed by atoms with Crippen molar-refractivity contribution in [2.45, 2.75) is 31.6 Å². The van der Waals surface area contributed by atoms with Gasteiger partial charge in [-0.15, -0.1) is 11.8 Å². The van der Waals surface area contributed by atoms with Crippen molar-refractivity contribution in [3.63, 3.8) is 0 Å². The molecule has 106 valence electrons. The smallest absolute Gasteiger partial charge is 0.230 e. The van der Waals surface area contributed by atoms with E-state index in [2.05, 4.69) is 26.1 Å². The Hall–Kier alpha value is -0.710. The van der Waals surface area contributed by atoms with Crippen LogP contribution in [0.1, 0.15) is 32.4 Å². The van der Waals surface area contributed by atoms with Crippen molar-refractivity contribution < 1.29 is 9.90 Å². The van der Waals surface area contributed by atoms with Crippen LogP contribution in [0.5, 0.6) is 0 Å². The normalized spacial score (nSPS) is 13.1. The van der Waals surface area contributed by atoms with Gasteiger partial charge in [0.05, 0.1) is 11.9 Å². The van der Waals surface area contributed by atoms with Crippen LogP contribution in [0.2, 0.25) is 5.02 Å². The Kier molecular flexibility index (Phi) is 6.17. The van der Waals surface area contributed by atoms with Gasteiger partial charge in [-0.3, -0.25) is 4.79 Å². The summed E-state index contributed by atoms with van der Waals surface area (Å²) in [4.78, 5) is 11.6. The molecular weight excluding hydrogens is 282 g/mol. The monoisotopic (exact) mass is 301 g/mol. The zero-order chi connectivity index (χ0) is 14.5. The van der Waals surface area contributed by atoms with Crippen LogP contribution in [-0.4, -0.2) is 28.1 Å². The highest BCUT2D eigenvalue weighted by atomic mass is 35.5. The molecule has 0 fully saturated rings. The van der Waals surface area contributed by atoms with E-state index in [4.69, 9.17) is 11.6 Å². The summed E-state index contributed by atoms with van der Waals surface area (Å²) < 4.78 is 0.0616. The first-order chi connectivity index (χ1) is 8.78. The number of carbonyl (C=O) groups excluding carboxylic acids is 1. The molecule has 0 heterocycles. The number of thioether (sulfide) groups is 1. The van der Waals surface area contributed by atoms with E-state index < -0.39 is 6.10 Å². The number of aliphatic hydroxyl groups excluding tert-OH is 1. The van der Waals surface area contributed by atoms with Crippen LogP contribution in [0.15, 0.2) is 24.3 Å². The molecule has 1 amide bonds. The molecule has 1 atom stereocenters. The van der Waals surface area contributed by atoms with Gasteiger partial charge in [-0.2, -0.15) is 0 Å². The lowest BCUT2D eigenvalue weighted by molar-refractivity contribution is -0.119. The third kappa shape index (κ3) is 6.85. The van der Waals surface area contributed by atoms with E-state index in [0.29, 0.717) is 10.8 Å². The molecule has 3 nitrogen and oxygen atoms in total. The Morgan fingerprint density at radius 3 is 2.47 bits per heavy atom. The summed E-state index contributed by atoms with van der Waals surface area (Å²) in [6.07, 6.45) is -0.708. The van der Waals surface area contributed by atoms with Crippen LogP contribution < -0.4 is 5.32 Å². The minimum Gasteiger partial charge on any atom is -0.387 e. The van der Waals surface area contributed by atoms with E-state index in [1.54, 1.807) is 36.0 Å². The maximum Gasteiger partial charge on any atom is 0.230 e. The summed E-state index contributed by atoms with van der Waals surface area (Å²) in [5, 5.41) is 13.3. The molecule has 1 aromatic carbocycles. The highest BCUT2D eigenvalue weighted by Gasteiger charge is 2.14. The molecular formula is C14H20ClNO2S. The van der Waals surface area contributed by atoms with Crippen LogP contribution in [0.3, 0.4) is 0 Å². The number of halogens is 1. The summed E-state index contributed by atoms with van der Waals surface area (Å²) in [5.74, 6) is 0.338. The molecule has 2 N–H and O–H groups in total. The average Bonchev–Trinajstić information content (AvgIpc) is 2.33. The first-order valence-corrected chi connectivity index (χ1v) is 7.48. The molecule has 0 bridgehead atoms. The second-order valence-corrected chi connectivity index (χ2v) is 7.51. The van der Waals surface area contributed by atoms with Crippen molar-refractivity contribution in [2.24, 2.45) is 0 Å². The maximum atomic E-state index is 11.6. The number of hydrogen-bond donors (Lipinski definition) is 2. The van der Waals surface area contributed by atoms with Gasteiger partial charge in [0.25, 0.3) is 0 Å². The number of carbonyl (C=O) groups is 1. The fourth-order valence-corrected chi connectivity index (χ4v) is 2.14. The molecule has 0 saturated carbocycles. The quantitative estimate of drug-likeness (QED) is 0.879. The van der Waals surface area contributed by atoms with Gasteiger partial charge in [-0.05, 0) is 17.7 Å². The first-order valence-electron chi connectivity index (χ1n) is 6.12. The van der Waals surface area contributed by atoms with E-state index >= 15 is 0 Å². The Morgan fingerprint density at radius 2 is 1.95 bits per heavy atom. The Bertz CT molecular complexity index is 414. The van der Waals surface area contributed by atoms with Gasteiger partial charge in [-0.25, -0.2) is 0 Å². The van der Waals surface area contributed by atoms with Crippen molar-refractivity contribution in [3.05, 3.63) is 34.9 Å². The molecule has 0 aliphatic rings. The van der Waals surface area contributed by atoms with Crippen LogP contribution in [-0.2, 0) is 4.79 Å². The molecule has 5 heteroatoms. The van der Waals surface area contributed by atoms with Gasteiger partial charge < -0.3 is 10.4 Å². The van der Waals surface area contributed by atoms with Gasteiger partial charge in [0.1, 0.15) is 0 Å². The Morgan fingerprint density at radius 1 is 1.37 bits per heavy atom. The molecule has 0 radical (unpaired) electrons. The third-order valence-corrected chi connectivity index (χ3v) is 3.91. The zero-order valence-corrected chi connectivity index (χ0v) is 13.0. The minimum atomic E-state index is -0.708. The lowest BCUT2D eigenvalue weighted by Crippen LogP contribution is -2.30. The Labute approximate surface area is 123 Å². The highest BCUT2D eigenvalue weighted by molar-refractivity contribution is 8.01. The second-order valence-electron chi connectivity index (χ2n) is 5.27. The van der Waals surface area contributed by atoms with Crippen molar-refractivity contribution in [1.82, 2.24) is 5.32 Å². The van der Waals surface area contributed by atoms with Crippen LogP contribution in [0.25, 0.3) is 0 Å². The lowest BCUT2D eigenvalue weighted by Gasteiger charge is -2.17. The number of rotatable bonds is 5. The number of hydrogen-bond acceptors (Lipinski definition) is 3. The highest BCUT2D eigenvalue weighted by Crippen LogP contribution is 2.22. The summed E-state index contributed by atoms with van der Waals surface area (Å²) in [7, 11) is 0. The Balaban J connectivity index is 2.35. The average molecular weight is 302 g/mol. The maximum absolute atomic E-state index is 11.6. The number of aliphatic hydroxyl groups is 1. The van der Waals surface area contributed by atoms with Crippen molar-refractivity contribution in [1.29, 1.82) is 0 Å². The number of nitrogens with one attached hydrogen (secondary N) is 1. The van der Waals surface area contributed by atoms with E-state index in [1.807, 2.05) is 0 Å². The fourth-order valence-electron chi connectivity index (χ4n) is 1.35. The topological polar surface area (TPSA) is 49.3 Å². The van der Waals surface area contributed by atoms with Crippen molar-refractivity contribution in [2.75, 3.05) is 12.3 Å². The largest absolute Gasteiger partial charge is 0.387 e. The molecule has 1 aromatic rings. The molecule has 1 rings (SSSR count). The zero-order valence-electron chi connectivity index (χ0n) is 11.4. The predicted octanol–water partition coefficient (Wildman–Crippen LogP) is 3.02. The van der Waals surface area contributed by atoms with Gasteiger partial charge in [0.2, 0.25) is 5.91 Å². The lowest BCUT2D eigenvalue weighted by atomic mass is 10.1. The van der Waals surface area contributed by atoms with E-state index in [-0.39, 0.29) is 17.2 Å². The second kappa shape index (κ2) is 7.17. The van der Waals surface area contributed by atoms with Gasteiger partial charge in [0.15, 0.2) is 0 Å². The summed E-state index contributed by atoms with van der Waals surface area (Å²) in [5.41, 5.74) is 0.744. The molecule has 0 spiro atoms. The molecule has 0 saturated heterocycles. The summed E-state index contributed by atoms with van der Waals surface area (Å²) >= 11 is 7.35. The SMILES string of the molecule is CC(C)(C)SCC(=O)NCC(O)c1ccc(Cl)cc1. The van der Waals surface area contributed by atoms with Crippen molar-refractivity contribution >= 4 is 29.3 Å². The molecule has 0 aliphatic carbocycles. The van der Waals surface area contributed by atoms with E-state index in [0.717, 1.165) is 5.56 Å². The van der Waals surface area contributed by atoms with Crippen LogP contribution in [0.4, 0.5) is 0 Å². The van der Waals surface area contributed by atoms with Gasteiger partial charge in [0, 0.05) is 16.3 Å². The van der Waals surface area contributed by atoms with Crippen LogP contribution >= 0.6 is 23.4 Å². The molecule has 0 aromatic heterocycles. The van der Waals surface area contributed by atoms with E-state index in [9.17, 15) is 9.90 Å². The molecule has 0 aliphatic heterocycles. The van der Waals surface area contributed by atoms with Crippen LogP contribution in [0, 0.1) is 0 Å². The predicted molar refractivity (Wildman–Crippen MR) is 81.6 cm³/mol. The molecule has 1 unspecified atom stereocenters. The van der Waals surface area contributed by atoms with Gasteiger partial charge >= 0.3 is 0 Å². The molecule has 19 heavy (non-hydrogen) atoms. The fraction of sp³-hybridized carbons (Fsp3) is 0.500. The summed E-state index contributed by atoms with van der Waals surface area (Å²) in [6, 6.07) is 6.95. The third-order valence-electron chi connectivity index (χ3n) is 2.38. The standard InChI is InChI=1S/C14H20ClNO2S/c1-14(2,3)19-9-13(18)16-8-12(17)10-4-6-11(15)7-5-10/h4-7,12,17H,8-9H2,1-3H3,(H,16,18). The number of amides is 1. The van der Waals surface area contributed by atoms with Crippen molar-refractivity contribution in [3.8, 4) is 0 Å². The summed E-state index contributed by atoms with van der Waals surface area (Å²) in [6.45, 7) is 6.40. The van der Waals surface area contributed by atoms with E-state index in [1.165, 1.54) is 0 Å².